The van der Waals surface area contributed by atoms with Crippen LogP contribution in [0, 0.1) is 0 Å². The zero-order valence-corrected chi connectivity index (χ0v) is 17.5. The van der Waals surface area contributed by atoms with Gasteiger partial charge in [0.05, 0.1) is 22.3 Å². The Kier molecular flexibility index (Phi) is 4.28. The van der Waals surface area contributed by atoms with Crippen LogP contribution in [-0.4, -0.2) is 23.9 Å². The third-order valence-corrected chi connectivity index (χ3v) is 6.00. The number of carbonyl (C=O) groups excluding carboxylic acids is 4. The Balaban J connectivity index is 1.70. The molecule has 4 aromatic rings. The summed E-state index contributed by atoms with van der Waals surface area (Å²) in [5.74, 6) is -3.11. The molecule has 0 aromatic heterocycles. The lowest BCUT2D eigenvalue weighted by Crippen LogP contribution is -2.03. The molecule has 2 aliphatic heterocycles. The van der Waals surface area contributed by atoms with E-state index in [9.17, 15) is 19.2 Å². The summed E-state index contributed by atoms with van der Waals surface area (Å²) < 4.78 is 9.81. The molecule has 0 fully saturated rings. The molecule has 0 unspecified atom stereocenters. The smallest absolute Gasteiger partial charge is 0.347 e. The lowest BCUT2D eigenvalue weighted by molar-refractivity contribution is 0.0425. The monoisotopic (exact) mass is 446 g/mol. The van der Waals surface area contributed by atoms with E-state index < -0.39 is 23.9 Å². The van der Waals surface area contributed by atoms with Gasteiger partial charge in [-0.05, 0) is 57.6 Å². The highest BCUT2D eigenvalue weighted by Crippen LogP contribution is 2.41. The normalized spacial score (nSPS) is 14.0. The first-order valence-corrected chi connectivity index (χ1v) is 10.5. The SMILES string of the molecule is O=C1OC(=O)c2c1cc(-c1ccccc1)cc2-c1cc(-c2ccccc2)cc2c1C(=O)OC2=O. The molecule has 0 atom stereocenters. The van der Waals surface area contributed by atoms with Crippen LogP contribution in [0.25, 0.3) is 33.4 Å². The van der Waals surface area contributed by atoms with Gasteiger partial charge < -0.3 is 9.47 Å². The van der Waals surface area contributed by atoms with Crippen molar-refractivity contribution in [3.05, 3.63) is 107 Å². The number of hydrogen-bond acceptors (Lipinski definition) is 6. The van der Waals surface area contributed by atoms with Crippen molar-refractivity contribution in [3.8, 4) is 33.4 Å². The zero-order chi connectivity index (χ0) is 23.4. The second kappa shape index (κ2) is 7.35. The van der Waals surface area contributed by atoms with Crippen LogP contribution >= 0.6 is 0 Å². The van der Waals surface area contributed by atoms with Crippen LogP contribution in [0.5, 0.6) is 0 Å². The summed E-state index contributed by atoms with van der Waals surface area (Å²) in [6.45, 7) is 0. The van der Waals surface area contributed by atoms with Gasteiger partial charge in [-0.2, -0.15) is 0 Å². The Hall–Kier alpha value is -4.84. The van der Waals surface area contributed by atoms with Crippen LogP contribution in [0.1, 0.15) is 41.4 Å². The van der Waals surface area contributed by atoms with Gasteiger partial charge in [0.15, 0.2) is 0 Å². The van der Waals surface area contributed by atoms with Gasteiger partial charge in [0.1, 0.15) is 0 Å². The molecule has 0 spiro atoms. The van der Waals surface area contributed by atoms with Gasteiger partial charge in [-0.25, -0.2) is 19.2 Å². The lowest BCUT2D eigenvalue weighted by Gasteiger charge is -2.14. The van der Waals surface area contributed by atoms with Gasteiger partial charge in [0, 0.05) is 0 Å². The molecule has 4 aromatic carbocycles. The summed E-state index contributed by atoms with van der Waals surface area (Å²) in [5, 5.41) is 0. The maximum absolute atomic E-state index is 12.7. The summed E-state index contributed by atoms with van der Waals surface area (Å²) >= 11 is 0. The molecule has 6 rings (SSSR count). The summed E-state index contributed by atoms with van der Waals surface area (Å²) in [6, 6.07) is 25.3. The quantitative estimate of drug-likeness (QED) is 0.313. The van der Waals surface area contributed by atoms with Gasteiger partial charge in [-0.1, -0.05) is 60.7 Å². The Morgan fingerprint density at radius 3 is 1.12 bits per heavy atom. The maximum atomic E-state index is 12.7. The minimum atomic E-state index is -0.800. The zero-order valence-electron chi connectivity index (χ0n) is 17.5. The van der Waals surface area contributed by atoms with Gasteiger partial charge in [-0.15, -0.1) is 0 Å². The molecule has 0 aliphatic carbocycles. The molecule has 0 saturated carbocycles. The number of benzene rings is 4. The maximum Gasteiger partial charge on any atom is 0.347 e. The summed E-state index contributed by atoms with van der Waals surface area (Å²) in [6.07, 6.45) is 0. The third kappa shape index (κ3) is 2.97. The molecule has 0 bridgehead atoms. The number of fused-ring (bicyclic) bond motifs is 2. The van der Waals surface area contributed by atoms with Crippen molar-refractivity contribution < 1.29 is 28.7 Å². The third-order valence-electron chi connectivity index (χ3n) is 6.00. The van der Waals surface area contributed by atoms with Crippen LogP contribution in [0.4, 0.5) is 0 Å². The molecule has 0 amide bonds. The Morgan fingerprint density at radius 1 is 0.382 bits per heavy atom. The van der Waals surface area contributed by atoms with E-state index >= 15 is 0 Å². The summed E-state index contributed by atoms with van der Waals surface area (Å²) in [4.78, 5) is 50.4. The van der Waals surface area contributed by atoms with Crippen molar-refractivity contribution in [3.63, 3.8) is 0 Å². The van der Waals surface area contributed by atoms with Crippen molar-refractivity contribution in [1.29, 1.82) is 0 Å². The highest BCUT2D eigenvalue weighted by atomic mass is 16.6. The van der Waals surface area contributed by atoms with Crippen molar-refractivity contribution in [2.24, 2.45) is 0 Å². The molecule has 34 heavy (non-hydrogen) atoms. The number of carbonyl (C=O) groups is 4. The molecule has 2 aliphatic rings. The van der Waals surface area contributed by atoms with Crippen molar-refractivity contribution >= 4 is 23.9 Å². The predicted octanol–water partition coefficient (Wildman–Crippen LogP) is 5.31. The minimum Gasteiger partial charge on any atom is -0.386 e. The van der Waals surface area contributed by atoms with E-state index in [0.717, 1.165) is 11.1 Å². The van der Waals surface area contributed by atoms with E-state index in [4.69, 9.17) is 9.47 Å². The van der Waals surface area contributed by atoms with E-state index in [2.05, 4.69) is 0 Å². The minimum absolute atomic E-state index is 0.0595. The van der Waals surface area contributed by atoms with Gasteiger partial charge in [0.25, 0.3) is 0 Å². The predicted molar refractivity (Wildman–Crippen MR) is 122 cm³/mol. The van der Waals surface area contributed by atoms with Crippen LogP contribution < -0.4 is 0 Å². The van der Waals surface area contributed by atoms with Crippen LogP contribution in [0.2, 0.25) is 0 Å². The number of cyclic esters (lactones) is 4. The first-order chi connectivity index (χ1) is 16.5. The summed E-state index contributed by atoms with van der Waals surface area (Å²) in [5.41, 5.74) is 3.95. The molecule has 6 heteroatoms. The van der Waals surface area contributed by atoms with E-state index in [1.165, 1.54) is 0 Å². The Bertz CT molecular complexity index is 1430. The van der Waals surface area contributed by atoms with Crippen LogP contribution in [0.15, 0.2) is 84.9 Å². The van der Waals surface area contributed by atoms with E-state index in [-0.39, 0.29) is 22.3 Å². The van der Waals surface area contributed by atoms with Crippen LogP contribution in [-0.2, 0) is 9.47 Å². The molecule has 6 nitrogen and oxygen atoms in total. The van der Waals surface area contributed by atoms with Gasteiger partial charge in [0.2, 0.25) is 0 Å². The first kappa shape index (κ1) is 19.8. The van der Waals surface area contributed by atoms with Crippen molar-refractivity contribution in [2.75, 3.05) is 0 Å². The number of rotatable bonds is 3. The highest BCUT2D eigenvalue weighted by Gasteiger charge is 2.38. The Labute approximate surface area is 193 Å². The van der Waals surface area contributed by atoms with Crippen molar-refractivity contribution in [2.45, 2.75) is 0 Å². The number of hydrogen-bond donors (Lipinski definition) is 0. The lowest BCUT2D eigenvalue weighted by atomic mass is 9.86. The standard InChI is InChI=1S/C28H14O6/c29-25-21-13-17(15-7-3-1-4-8-15)11-19(23(21)27(31)33-25)20-12-18(16-9-5-2-6-10-16)14-22-24(20)28(32)34-26(22)30/h1-14H. The second-order valence-corrected chi connectivity index (χ2v) is 7.98. The van der Waals surface area contributed by atoms with Gasteiger partial charge in [-0.3, -0.25) is 0 Å². The molecule has 0 N–H and O–H groups in total. The number of esters is 4. The molecular formula is C28H14O6. The largest absolute Gasteiger partial charge is 0.386 e. The number of ether oxygens (including phenoxy) is 2. The molecular weight excluding hydrogens is 432 g/mol. The van der Waals surface area contributed by atoms with Crippen molar-refractivity contribution in [1.82, 2.24) is 0 Å². The fourth-order valence-corrected chi connectivity index (χ4v) is 4.45. The highest BCUT2D eigenvalue weighted by molar-refractivity contribution is 6.22. The average molecular weight is 446 g/mol. The molecule has 0 radical (unpaired) electrons. The second-order valence-electron chi connectivity index (χ2n) is 7.98. The fraction of sp³-hybridized carbons (Fsp3) is 0. The molecule has 162 valence electrons. The Morgan fingerprint density at radius 2 is 0.735 bits per heavy atom. The van der Waals surface area contributed by atoms with E-state index in [1.54, 1.807) is 24.3 Å². The van der Waals surface area contributed by atoms with Gasteiger partial charge >= 0.3 is 23.9 Å². The first-order valence-electron chi connectivity index (χ1n) is 10.5. The summed E-state index contributed by atoms with van der Waals surface area (Å²) in [7, 11) is 0. The van der Waals surface area contributed by atoms with Crippen LogP contribution in [0.3, 0.4) is 0 Å². The molecule has 0 saturated heterocycles. The van der Waals surface area contributed by atoms with E-state index in [1.807, 2.05) is 60.7 Å². The topological polar surface area (TPSA) is 86.7 Å². The molecule has 2 heterocycles. The average Bonchev–Trinajstić information content (AvgIpc) is 3.33. The fourth-order valence-electron chi connectivity index (χ4n) is 4.45. The van der Waals surface area contributed by atoms with E-state index in [0.29, 0.717) is 22.3 Å².